The molecule has 0 spiro atoms. The first-order valence-electron chi connectivity index (χ1n) is 4.98. The van der Waals surface area contributed by atoms with Crippen LogP contribution in [0.2, 0.25) is 0 Å². The summed E-state index contributed by atoms with van der Waals surface area (Å²) < 4.78 is 11.1. The van der Waals surface area contributed by atoms with Crippen LogP contribution in [0.3, 0.4) is 0 Å². The molecule has 2 atom stereocenters. The van der Waals surface area contributed by atoms with E-state index in [1.54, 1.807) is 6.26 Å². The Morgan fingerprint density at radius 2 is 2.50 bits per heavy atom. The summed E-state index contributed by atoms with van der Waals surface area (Å²) in [5.41, 5.74) is -0.150. The second-order valence-corrected chi connectivity index (χ2v) is 4.76. The maximum absolute atomic E-state index is 6.13. The Labute approximate surface area is 89.2 Å². The van der Waals surface area contributed by atoms with Crippen molar-refractivity contribution in [3.05, 3.63) is 24.2 Å². The third-order valence-electron chi connectivity index (χ3n) is 2.66. The van der Waals surface area contributed by atoms with E-state index in [0.29, 0.717) is 0 Å². The first-order valence-corrected chi connectivity index (χ1v) is 5.42. The van der Waals surface area contributed by atoms with Gasteiger partial charge in [0.25, 0.3) is 0 Å². The van der Waals surface area contributed by atoms with Gasteiger partial charge in [0, 0.05) is 18.4 Å². The fourth-order valence-corrected chi connectivity index (χ4v) is 2.38. The molecular formula is C11H15ClO2. The average molecular weight is 215 g/mol. The van der Waals surface area contributed by atoms with Gasteiger partial charge in [0.05, 0.1) is 11.9 Å². The van der Waals surface area contributed by atoms with Crippen molar-refractivity contribution in [2.45, 2.75) is 37.2 Å². The van der Waals surface area contributed by atoms with Gasteiger partial charge < -0.3 is 9.15 Å². The lowest BCUT2D eigenvalue weighted by Crippen LogP contribution is -2.39. The van der Waals surface area contributed by atoms with E-state index in [9.17, 15) is 0 Å². The van der Waals surface area contributed by atoms with Crippen molar-refractivity contribution >= 4 is 11.6 Å². The second kappa shape index (κ2) is 3.95. The number of ether oxygens (including phenoxy) is 1. The van der Waals surface area contributed by atoms with Gasteiger partial charge in [-0.1, -0.05) is 0 Å². The predicted octanol–water partition coefficient (Wildman–Crippen LogP) is 3.00. The number of hydrogen-bond donors (Lipinski definition) is 0. The van der Waals surface area contributed by atoms with Gasteiger partial charge in [-0.15, -0.1) is 11.6 Å². The molecule has 1 aromatic heterocycles. The van der Waals surface area contributed by atoms with Gasteiger partial charge in [-0.2, -0.15) is 0 Å². The molecule has 1 aliphatic heterocycles. The molecule has 0 amide bonds. The molecule has 2 heterocycles. The van der Waals surface area contributed by atoms with E-state index in [-0.39, 0.29) is 11.0 Å². The van der Waals surface area contributed by atoms with Crippen LogP contribution in [0.4, 0.5) is 0 Å². The van der Waals surface area contributed by atoms with Crippen LogP contribution in [0, 0.1) is 0 Å². The van der Waals surface area contributed by atoms with Crippen LogP contribution in [0.15, 0.2) is 22.8 Å². The van der Waals surface area contributed by atoms with Crippen LogP contribution in [0.25, 0.3) is 0 Å². The molecule has 14 heavy (non-hydrogen) atoms. The summed E-state index contributed by atoms with van der Waals surface area (Å²) in [6.45, 7) is 2.86. The molecule has 0 N–H and O–H groups in total. The smallest absolute Gasteiger partial charge is 0.106 e. The molecular weight excluding hydrogens is 200 g/mol. The van der Waals surface area contributed by atoms with Crippen molar-refractivity contribution in [1.82, 2.24) is 0 Å². The normalized spacial score (nSPS) is 33.1. The number of halogens is 1. The molecule has 2 unspecified atom stereocenters. The summed E-state index contributed by atoms with van der Waals surface area (Å²) in [5.74, 6) is 0.971. The Balaban J connectivity index is 2.01. The zero-order valence-corrected chi connectivity index (χ0v) is 9.09. The lowest BCUT2D eigenvalue weighted by molar-refractivity contribution is -0.0651. The number of alkyl halides is 1. The van der Waals surface area contributed by atoms with E-state index in [4.69, 9.17) is 20.8 Å². The molecule has 2 rings (SSSR count). The van der Waals surface area contributed by atoms with Gasteiger partial charge in [0.15, 0.2) is 0 Å². The molecule has 0 aliphatic carbocycles. The van der Waals surface area contributed by atoms with Crippen LogP contribution in [-0.2, 0) is 11.2 Å². The van der Waals surface area contributed by atoms with Crippen LogP contribution in [-0.4, -0.2) is 17.6 Å². The van der Waals surface area contributed by atoms with E-state index in [1.165, 1.54) is 0 Å². The molecule has 1 fully saturated rings. The first-order chi connectivity index (χ1) is 6.68. The Morgan fingerprint density at radius 3 is 3.14 bits per heavy atom. The van der Waals surface area contributed by atoms with Gasteiger partial charge in [-0.3, -0.25) is 0 Å². The number of rotatable bonds is 2. The van der Waals surface area contributed by atoms with Gasteiger partial charge >= 0.3 is 0 Å². The quantitative estimate of drug-likeness (QED) is 0.707. The van der Waals surface area contributed by atoms with Gasteiger partial charge in [-0.25, -0.2) is 0 Å². The standard InChI is InChI=1S/C11H15ClO2/c1-11(7-9(12)4-6-14-11)8-10-3-2-5-13-10/h2-3,5,9H,4,6-8H2,1H3. The summed E-state index contributed by atoms with van der Waals surface area (Å²) in [5, 5.41) is 0.240. The van der Waals surface area contributed by atoms with E-state index in [1.807, 2.05) is 12.1 Å². The summed E-state index contributed by atoms with van der Waals surface area (Å²) in [6, 6.07) is 3.88. The largest absolute Gasteiger partial charge is 0.469 e. The molecule has 3 heteroatoms. The van der Waals surface area contributed by atoms with Crippen LogP contribution < -0.4 is 0 Å². The van der Waals surface area contributed by atoms with E-state index in [0.717, 1.165) is 31.6 Å². The number of furan rings is 1. The van der Waals surface area contributed by atoms with Crippen LogP contribution in [0.1, 0.15) is 25.5 Å². The molecule has 1 saturated heterocycles. The van der Waals surface area contributed by atoms with Crippen molar-refractivity contribution in [3.8, 4) is 0 Å². The fourth-order valence-electron chi connectivity index (χ4n) is 1.97. The van der Waals surface area contributed by atoms with Crippen molar-refractivity contribution in [3.63, 3.8) is 0 Å². The second-order valence-electron chi connectivity index (χ2n) is 4.14. The highest BCUT2D eigenvalue weighted by Gasteiger charge is 2.33. The highest BCUT2D eigenvalue weighted by molar-refractivity contribution is 6.20. The molecule has 2 nitrogen and oxygen atoms in total. The monoisotopic (exact) mass is 214 g/mol. The Bertz CT molecular complexity index is 283. The van der Waals surface area contributed by atoms with Crippen molar-refractivity contribution in [2.75, 3.05) is 6.61 Å². The van der Waals surface area contributed by atoms with E-state index < -0.39 is 0 Å². The van der Waals surface area contributed by atoms with Gasteiger partial charge in [0.2, 0.25) is 0 Å². The molecule has 0 radical (unpaired) electrons. The van der Waals surface area contributed by atoms with E-state index in [2.05, 4.69) is 6.92 Å². The van der Waals surface area contributed by atoms with Crippen molar-refractivity contribution in [1.29, 1.82) is 0 Å². The van der Waals surface area contributed by atoms with Gasteiger partial charge in [-0.05, 0) is 31.9 Å². The lowest BCUT2D eigenvalue weighted by atomic mass is 9.91. The van der Waals surface area contributed by atoms with Crippen molar-refractivity contribution in [2.24, 2.45) is 0 Å². The predicted molar refractivity (Wildman–Crippen MR) is 55.6 cm³/mol. The first kappa shape index (κ1) is 10.1. The minimum atomic E-state index is -0.150. The zero-order valence-electron chi connectivity index (χ0n) is 8.33. The van der Waals surface area contributed by atoms with Gasteiger partial charge in [0.1, 0.15) is 5.76 Å². The number of hydrogen-bond acceptors (Lipinski definition) is 2. The minimum Gasteiger partial charge on any atom is -0.469 e. The SMILES string of the molecule is CC1(Cc2ccco2)CC(Cl)CCO1. The molecule has 1 aliphatic rings. The Hall–Kier alpha value is -0.470. The molecule has 1 aromatic rings. The molecule has 0 bridgehead atoms. The Morgan fingerprint density at radius 1 is 1.64 bits per heavy atom. The van der Waals surface area contributed by atoms with Crippen molar-refractivity contribution < 1.29 is 9.15 Å². The highest BCUT2D eigenvalue weighted by Crippen LogP contribution is 2.31. The molecule has 78 valence electrons. The summed E-state index contributed by atoms with van der Waals surface area (Å²) in [7, 11) is 0. The highest BCUT2D eigenvalue weighted by atomic mass is 35.5. The molecule has 0 aromatic carbocycles. The molecule has 0 saturated carbocycles. The maximum Gasteiger partial charge on any atom is 0.106 e. The van der Waals surface area contributed by atoms with Crippen LogP contribution in [0.5, 0.6) is 0 Å². The fraction of sp³-hybridized carbons (Fsp3) is 0.636. The Kier molecular flexibility index (Phi) is 2.84. The third-order valence-corrected chi connectivity index (χ3v) is 3.04. The topological polar surface area (TPSA) is 22.4 Å². The van der Waals surface area contributed by atoms with E-state index >= 15 is 0 Å². The summed E-state index contributed by atoms with van der Waals surface area (Å²) in [4.78, 5) is 0. The minimum absolute atomic E-state index is 0.150. The zero-order chi connectivity index (χ0) is 10.0. The average Bonchev–Trinajstić information content (AvgIpc) is 2.55. The lowest BCUT2D eigenvalue weighted by Gasteiger charge is -2.35. The maximum atomic E-state index is 6.13. The third kappa shape index (κ3) is 2.31. The summed E-state index contributed by atoms with van der Waals surface area (Å²) >= 11 is 6.13. The summed E-state index contributed by atoms with van der Waals surface area (Å²) in [6.07, 6.45) is 4.35. The van der Waals surface area contributed by atoms with Crippen LogP contribution >= 0.6 is 11.6 Å².